The molecule has 0 saturated heterocycles. The van der Waals surface area contributed by atoms with Gasteiger partial charge in [-0.25, -0.2) is 0 Å². The zero-order valence-electron chi connectivity index (χ0n) is 17.5. The number of rotatable bonds is 7. The third-order valence-electron chi connectivity index (χ3n) is 5.18. The number of carbonyl (C=O) groups is 1. The number of H-pyrrole nitrogens is 1. The molecule has 1 fully saturated rings. The summed E-state index contributed by atoms with van der Waals surface area (Å²) in [5.41, 5.74) is 6.56. The van der Waals surface area contributed by atoms with Gasteiger partial charge in [0.15, 0.2) is 16.3 Å². The molecule has 30 heavy (non-hydrogen) atoms. The normalized spacial score (nSPS) is 14.1. The molecule has 1 amide bonds. The number of amides is 1. The van der Waals surface area contributed by atoms with Gasteiger partial charge in [-0.15, -0.1) is 0 Å². The number of nitrogen functional groups attached to an aromatic ring is 1. The molecule has 0 radical (unpaired) electrons. The molecule has 162 valence electrons. The Bertz CT molecular complexity index is 1040. The van der Waals surface area contributed by atoms with Crippen LogP contribution in [-0.2, 0) is 11.3 Å². The van der Waals surface area contributed by atoms with E-state index in [1.165, 1.54) is 12.8 Å². The van der Waals surface area contributed by atoms with E-state index in [9.17, 15) is 9.59 Å². The van der Waals surface area contributed by atoms with Crippen LogP contribution in [0.3, 0.4) is 0 Å². The van der Waals surface area contributed by atoms with E-state index in [0.717, 1.165) is 18.4 Å². The molecule has 1 aromatic heterocycles. The molecule has 3 rings (SSSR count). The first-order valence-corrected chi connectivity index (χ1v) is 10.5. The number of ether oxygens (including phenoxy) is 2. The monoisotopic (exact) mass is 432 g/mol. The van der Waals surface area contributed by atoms with Crippen molar-refractivity contribution in [1.82, 2.24) is 9.55 Å². The molecule has 0 unspecified atom stereocenters. The van der Waals surface area contributed by atoms with Crippen molar-refractivity contribution in [2.75, 3.05) is 18.2 Å². The van der Waals surface area contributed by atoms with Crippen LogP contribution >= 0.6 is 12.2 Å². The molecule has 9 heteroatoms. The molecule has 8 nitrogen and oxygen atoms in total. The van der Waals surface area contributed by atoms with E-state index in [1.54, 1.807) is 25.5 Å². The van der Waals surface area contributed by atoms with Crippen molar-refractivity contribution in [2.45, 2.75) is 52.2 Å². The molecule has 1 heterocycles. The number of hydrogen-bond donors (Lipinski definition) is 3. The summed E-state index contributed by atoms with van der Waals surface area (Å²) in [4.78, 5) is 26.9. The van der Waals surface area contributed by atoms with Gasteiger partial charge < -0.3 is 20.5 Å². The van der Waals surface area contributed by atoms with Gasteiger partial charge in [-0.3, -0.25) is 19.1 Å². The maximum Gasteiger partial charge on any atom is 0.277 e. The van der Waals surface area contributed by atoms with Crippen molar-refractivity contribution in [3.05, 3.63) is 38.9 Å². The summed E-state index contributed by atoms with van der Waals surface area (Å²) in [6.07, 6.45) is 4.59. The minimum absolute atomic E-state index is 0.00163. The number of aromatic nitrogens is 2. The average Bonchev–Trinajstić information content (AvgIpc) is 3.21. The Balaban J connectivity index is 1.92. The molecule has 0 aliphatic heterocycles. The van der Waals surface area contributed by atoms with Gasteiger partial charge in [-0.2, -0.15) is 0 Å². The van der Waals surface area contributed by atoms with Gasteiger partial charge in [0.05, 0.1) is 19.8 Å². The van der Waals surface area contributed by atoms with Gasteiger partial charge in [0.2, 0.25) is 5.91 Å². The highest BCUT2D eigenvalue weighted by molar-refractivity contribution is 7.71. The number of aromatic amines is 1. The van der Waals surface area contributed by atoms with E-state index >= 15 is 0 Å². The first-order chi connectivity index (χ1) is 14.3. The summed E-state index contributed by atoms with van der Waals surface area (Å²) in [7, 11) is 1.61. The third kappa shape index (κ3) is 4.84. The lowest BCUT2D eigenvalue weighted by atomic mass is 10.2. The summed E-state index contributed by atoms with van der Waals surface area (Å²) in [6, 6.07) is 5.63. The van der Waals surface area contributed by atoms with Crippen LogP contribution in [0.1, 0.15) is 45.1 Å². The molecule has 0 atom stereocenters. The van der Waals surface area contributed by atoms with Crippen molar-refractivity contribution in [1.29, 1.82) is 0 Å². The Hall–Kier alpha value is -2.81. The number of carbonyl (C=O) groups excluding carboxylic acids is 1. The zero-order chi connectivity index (χ0) is 21.8. The number of hydrogen-bond acceptors (Lipinski definition) is 6. The zero-order valence-corrected chi connectivity index (χ0v) is 18.3. The predicted molar refractivity (Wildman–Crippen MR) is 119 cm³/mol. The predicted octanol–water partition coefficient (Wildman–Crippen LogP) is 3.46. The Kier molecular flexibility index (Phi) is 6.81. The van der Waals surface area contributed by atoms with Crippen LogP contribution in [0.2, 0.25) is 0 Å². The minimum atomic E-state index is -0.525. The number of nitrogens with one attached hydrogen (secondary N) is 2. The fourth-order valence-electron chi connectivity index (χ4n) is 3.41. The fraction of sp³-hybridized carbons (Fsp3) is 0.476. The summed E-state index contributed by atoms with van der Waals surface area (Å²) in [5.74, 6) is 0.843. The first kappa shape index (κ1) is 21.9. The second-order valence-electron chi connectivity index (χ2n) is 7.76. The van der Waals surface area contributed by atoms with E-state index in [2.05, 4.69) is 10.3 Å². The van der Waals surface area contributed by atoms with E-state index < -0.39 is 5.56 Å². The van der Waals surface area contributed by atoms with E-state index in [-0.39, 0.29) is 34.2 Å². The molecule has 0 spiro atoms. The highest BCUT2D eigenvalue weighted by atomic mass is 32.1. The second kappa shape index (κ2) is 9.34. The van der Waals surface area contributed by atoms with Gasteiger partial charge >= 0.3 is 0 Å². The molecule has 1 aromatic carbocycles. The van der Waals surface area contributed by atoms with Crippen LogP contribution in [0.15, 0.2) is 23.0 Å². The van der Waals surface area contributed by atoms with Crippen molar-refractivity contribution >= 4 is 29.6 Å². The van der Waals surface area contributed by atoms with Crippen LogP contribution in [0.5, 0.6) is 11.5 Å². The maximum absolute atomic E-state index is 12.3. The number of nitrogens with two attached hydrogens (primary N) is 1. The summed E-state index contributed by atoms with van der Waals surface area (Å²) in [6.45, 7) is 3.77. The van der Waals surface area contributed by atoms with E-state index in [0.29, 0.717) is 18.0 Å². The maximum atomic E-state index is 12.3. The lowest BCUT2D eigenvalue weighted by molar-refractivity contribution is -0.118. The summed E-state index contributed by atoms with van der Waals surface area (Å²) in [5, 5.41) is 2.59. The number of anilines is 2. The number of nitrogens with zero attached hydrogens (tertiary/aromatic N) is 1. The highest BCUT2D eigenvalue weighted by Gasteiger charge is 2.20. The lowest BCUT2D eigenvalue weighted by Gasteiger charge is -2.18. The smallest absolute Gasteiger partial charge is 0.277 e. The Morgan fingerprint density at radius 2 is 2.03 bits per heavy atom. The topological polar surface area (TPSA) is 111 Å². The molecule has 1 aliphatic rings. The molecule has 2 aromatic rings. The fourth-order valence-corrected chi connectivity index (χ4v) is 3.67. The standard InChI is InChI=1S/C21H28N4O4S/c1-12(2)19(26)23-17-18(22)25(21(30)24-20(17)27)11-13-8-9-15(28-3)16(10-13)29-14-6-4-5-7-14/h8-10,12,14H,4-7,11,22H2,1-3H3,(H,23,26)(H,24,27,30). The molecular formula is C21H28N4O4S. The lowest BCUT2D eigenvalue weighted by Crippen LogP contribution is -2.27. The van der Waals surface area contributed by atoms with Crippen molar-refractivity contribution < 1.29 is 14.3 Å². The van der Waals surface area contributed by atoms with Gasteiger partial charge in [0.25, 0.3) is 5.56 Å². The van der Waals surface area contributed by atoms with Crippen molar-refractivity contribution in [3.63, 3.8) is 0 Å². The first-order valence-electron chi connectivity index (χ1n) is 10.1. The molecule has 4 N–H and O–H groups in total. The third-order valence-corrected chi connectivity index (χ3v) is 5.50. The van der Waals surface area contributed by atoms with Gasteiger partial charge in [-0.05, 0) is 55.6 Å². The van der Waals surface area contributed by atoms with Gasteiger partial charge in [-0.1, -0.05) is 19.9 Å². The Morgan fingerprint density at radius 1 is 1.33 bits per heavy atom. The van der Waals surface area contributed by atoms with Crippen molar-refractivity contribution in [3.8, 4) is 11.5 Å². The van der Waals surface area contributed by atoms with Crippen LogP contribution in [-0.4, -0.2) is 28.7 Å². The molecule has 0 bridgehead atoms. The Morgan fingerprint density at radius 3 is 2.67 bits per heavy atom. The van der Waals surface area contributed by atoms with Gasteiger partial charge in [0, 0.05) is 5.92 Å². The SMILES string of the molecule is COc1ccc(Cn2c(N)c(NC(=O)C(C)C)c(=O)[nH]c2=S)cc1OC1CCCC1. The van der Waals surface area contributed by atoms with Crippen LogP contribution < -0.4 is 26.1 Å². The second-order valence-corrected chi connectivity index (χ2v) is 8.15. The van der Waals surface area contributed by atoms with E-state index in [1.807, 2.05) is 18.2 Å². The van der Waals surface area contributed by atoms with E-state index in [4.69, 9.17) is 27.4 Å². The number of methoxy groups -OCH3 is 1. The quantitative estimate of drug-likeness (QED) is 0.578. The number of benzene rings is 1. The molecule has 1 aliphatic carbocycles. The minimum Gasteiger partial charge on any atom is -0.493 e. The van der Waals surface area contributed by atoms with Crippen LogP contribution in [0.4, 0.5) is 11.5 Å². The summed E-state index contributed by atoms with van der Waals surface area (Å²) >= 11 is 5.31. The molecule has 1 saturated carbocycles. The Labute approximate surface area is 180 Å². The average molecular weight is 433 g/mol. The summed E-state index contributed by atoms with van der Waals surface area (Å²) < 4.78 is 13.3. The largest absolute Gasteiger partial charge is 0.493 e. The molecular weight excluding hydrogens is 404 g/mol. The highest BCUT2D eigenvalue weighted by Crippen LogP contribution is 2.33. The van der Waals surface area contributed by atoms with Crippen LogP contribution in [0.25, 0.3) is 0 Å². The van der Waals surface area contributed by atoms with Crippen LogP contribution in [0, 0.1) is 10.7 Å². The van der Waals surface area contributed by atoms with Gasteiger partial charge in [0.1, 0.15) is 11.5 Å². The van der Waals surface area contributed by atoms with Crippen molar-refractivity contribution in [2.24, 2.45) is 5.92 Å².